The van der Waals surface area contributed by atoms with Crippen molar-refractivity contribution in [1.29, 1.82) is 0 Å². The average molecular weight is 427 g/mol. The smallest absolute Gasteiger partial charge is 0.180 e. The van der Waals surface area contributed by atoms with Gasteiger partial charge in [-0.05, 0) is 47.5 Å². The molecule has 0 aliphatic heterocycles. The van der Waals surface area contributed by atoms with Gasteiger partial charge in [-0.1, -0.05) is 12.1 Å². The van der Waals surface area contributed by atoms with Crippen LogP contribution in [0.2, 0.25) is 0 Å². The van der Waals surface area contributed by atoms with Crippen LogP contribution in [0.15, 0.2) is 77.9 Å². The van der Waals surface area contributed by atoms with E-state index in [1.165, 1.54) is 18.5 Å². The quantitative estimate of drug-likeness (QED) is 0.403. The molecule has 8 heteroatoms. The summed E-state index contributed by atoms with van der Waals surface area (Å²) in [6, 6.07) is 13.9. The number of benzene rings is 2. The van der Waals surface area contributed by atoms with Crippen molar-refractivity contribution < 1.29 is 13.5 Å². The molecule has 158 valence electrons. The maximum atomic E-state index is 13.9. The molecule has 0 atom stereocenters. The second-order valence-corrected chi connectivity index (χ2v) is 7.04. The third-order valence-corrected chi connectivity index (χ3v) is 4.98. The van der Waals surface area contributed by atoms with Crippen LogP contribution in [-0.2, 0) is 6.54 Å². The van der Waals surface area contributed by atoms with E-state index in [2.05, 4.69) is 15.3 Å². The monoisotopic (exact) mass is 427 g/mol. The lowest BCUT2D eigenvalue weighted by Crippen LogP contribution is -2.05. The number of nitrogens with zero attached hydrogens (tertiary/aromatic N) is 4. The fourth-order valence-electron chi connectivity index (χ4n) is 3.45. The van der Waals surface area contributed by atoms with E-state index in [0.29, 0.717) is 35.2 Å². The number of hydrogen-bond donors (Lipinski definition) is 1. The number of rotatable bonds is 6. The van der Waals surface area contributed by atoms with Crippen molar-refractivity contribution in [2.24, 2.45) is 0 Å². The van der Waals surface area contributed by atoms with Gasteiger partial charge in [0.2, 0.25) is 0 Å². The highest BCUT2D eigenvalue weighted by molar-refractivity contribution is 5.97. The minimum atomic E-state index is -0.312. The molecule has 0 bridgehead atoms. The molecule has 2 aromatic carbocycles. The molecular weight excluding hydrogens is 409 g/mol. The van der Waals surface area contributed by atoms with Crippen molar-refractivity contribution in [1.82, 2.24) is 19.9 Å². The Morgan fingerprint density at radius 1 is 0.969 bits per heavy atom. The van der Waals surface area contributed by atoms with Crippen LogP contribution in [0.3, 0.4) is 0 Å². The van der Waals surface area contributed by atoms with Crippen LogP contribution in [-0.4, -0.2) is 27.0 Å². The van der Waals surface area contributed by atoms with E-state index in [1.807, 2.05) is 30.3 Å². The molecule has 0 spiro atoms. The fourth-order valence-corrected chi connectivity index (χ4v) is 3.45. The molecule has 32 heavy (non-hydrogen) atoms. The lowest BCUT2D eigenvalue weighted by atomic mass is 10.0. The number of aromatic nitrogens is 4. The minimum Gasteiger partial charge on any atom is -0.494 e. The summed E-state index contributed by atoms with van der Waals surface area (Å²) in [5, 5.41) is 4.04. The highest BCUT2D eigenvalue weighted by Crippen LogP contribution is 2.36. The number of pyridine rings is 1. The van der Waals surface area contributed by atoms with Crippen molar-refractivity contribution in [3.63, 3.8) is 0 Å². The van der Waals surface area contributed by atoms with E-state index in [9.17, 15) is 4.39 Å². The van der Waals surface area contributed by atoms with Gasteiger partial charge in [0.1, 0.15) is 28.7 Å². The van der Waals surface area contributed by atoms with Gasteiger partial charge in [0, 0.05) is 23.3 Å². The predicted molar refractivity (Wildman–Crippen MR) is 119 cm³/mol. The zero-order valence-electron chi connectivity index (χ0n) is 17.1. The first-order valence-corrected chi connectivity index (χ1v) is 9.88. The van der Waals surface area contributed by atoms with Crippen LogP contribution < -0.4 is 10.1 Å². The summed E-state index contributed by atoms with van der Waals surface area (Å²) in [6.45, 7) is 0.380. The van der Waals surface area contributed by atoms with Gasteiger partial charge in [0.15, 0.2) is 12.2 Å². The second-order valence-electron chi connectivity index (χ2n) is 7.04. The predicted octanol–water partition coefficient (Wildman–Crippen LogP) is 5.11. The lowest BCUT2D eigenvalue weighted by molar-refractivity contribution is 0.419. The van der Waals surface area contributed by atoms with Gasteiger partial charge in [-0.25, -0.2) is 19.3 Å². The molecule has 5 aromatic rings. The summed E-state index contributed by atoms with van der Waals surface area (Å²) < 4.78 is 24.9. The maximum absolute atomic E-state index is 13.9. The summed E-state index contributed by atoms with van der Waals surface area (Å²) in [7, 11) is 1.58. The summed E-state index contributed by atoms with van der Waals surface area (Å²) in [5.41, 5.74) is 2.91. The number of oxazole rings is 1. The zero-order chi connectivity index (χ0) is 21.9. The van der Waals surface area contributed by atoms with Crippen LogP contribution >= 0.6 is 0 Å². The molecular formula is C24H18FN5O2. The summed E-state index contributed by atoms with van der Waals surface area (Å²) in [5.74, 6) is 1.99. The first kappa shape index (κ1) is 19.6. The van der Waals surface area contributed by atoms with Crippen molar-refractivity contribution in [3.05, 3.63) is 85.1 Å². The molecule has 0 amide bonds. The number of nitrogens with one attached hydrogen (secondary N) is 1. The molecule has 5 rings (SSSR count). The Hall–Kier alpha value is -4.33. The Morgan fingerprint density at radius 3 is 2.62 bits per heavy atom. The fraction of sp³-hybridized carbons (Fsp3) is 0.0833. The van der Waals surface area contributed by atoms with Gasteiger partial charge in [-0.3, -0.25) is 4.98 Å². The summed E-state index contributed by atoms with van der Waals surface area (Å²) in [4.78, 5) is 17.6. The number of fused-ring (bicyclic) bond motifs is 1. The minimum absolute atomic E-state index is 0.312. The first-order chi connectivity index (χ1) is 15.7. The molecule has 0 unspecified atom stereocenters. The van der Waals surface area contributed by atoms with Crippen molar-refractivity contribution in [2.75, 3.05) is 12.4 Å². The third kappa shape index (κ3) is 3.85. The van der Waals surface area contributed by atoms with Crippen molar-refractivity contribution in [2.45, 2.75) is 6.54 Å². The Labute approximate surface area is 183 Å². The standard InChI is InChI=1S/C24H18FN5O2/c1-31-21-10-17(15-4-2-6-18(25)8-15)9-20-22(21)29-23(16-5-3-7-26-11-16)30-24(20)28-13-19-12-27-14-32-19/h2-12,14H,13H2,1H3,(H,28,29,30). The zero-order valence-corrected chi connectivity index (χ0v) is 17.1. The normalized spacial score (nSPS) is 10.9. The number of ether oxygens (including phenoxy) is 1. The largest absolute Gasteiger partial charge is 0.494 e. The van der Waals surface area contributed by atoms with Gasteiger partial charge in [0.05, 0.1) is 19.9 Å². The van der Waals surface area contributed by atoms with Crippen molar-refractivity contribution >= 4 is 16.7 Å². The van der Waals surface area contributed by atoms with Crippen molar-refractivity contribution in [3.8, 4) is 28.3 Å². The molecule has 0 saturated heterocycles. The second kappa shape index (κ2) is 8.43. The lowest BCUT2D eigenvalue weighted by Gasteiger charge is -2.14. The molecule has 7 nitrogen and oxygen atoms in total. The topological polar surface area (TPSA) is 86.0 Å². The maximum Gasteiger partial charge on any atom is 0.180 e. The third-order valence-electron chi connectivity index (χ3n) is 4.98. The summed E-state index contributed by atoms with van der Waals surface area (Å²) >= 11 is 0. The van der Waals surface area contributed by atoms with Crippen LogP contribution in [0.5, 0.6) is 5.75 Å². The van der Waals surface area contributed by atoms with Gasteiger partial charge in [0.25, 0.3) is 0 Å². The average Bonchev–Trinajstić information content (AvgIpc) is 3.36. The molecule has 3 heterocycles. The van der Waals surface area contributed by atoms with Crippen LogP contribution in [0, 0.1) is 5.82 Å². The molecule has 0 aliphatic carbocycles. The Morgan fingerprint density at radius 2 is 1.88 bits per heavy atom. The number of halogens is 1. The Kier molecular flexibility index (Phi) is 5.17. The highest BCUT2D eigenvalue weighted by Gasteiger charge is 2.16. The molecule has 0 radical (unpaired) electrons. The van der Waals surface area contributed by atoms with Gasteiger partial charge >= 0.3 is 0 Å². The van der Waals surface area contributed by atoms with E-state index in [4.69, 9.17) is 19.1 Å². The highest BCUT2D eigenvalue weighted by atomic mass is 19.1. The number of hydrogen-bond acceptors (Lipinski definition) is 7. The molecule has 0 saturated carbocycles. The SMILES string of the molecule is COc1cc(-c2cccc(F)c2)cc2c(NCc3cnco3)nc(-c3cccnc3)nc12. The van der Waals surface area contributed by atoms with E-state index in [0.717, 1.165) is 22.1 Å². The van der Waals surface area contributed by atoms with Crippen LogP contribution in [0.4, 0.5) is 10.2 Å². The van der Waals surface area contributed by atoms with E-state index >= 15 is 0 Å². The Balaban J connectivity index is 1.70. The number of methoxy groups -OCH3 is 1. The van der Waals surface area contributed by atoms with Gasteiger partial charge < -0.3 is 14.5 Å². The molecule has 0 fully saturated rings. The molecule has 1 N–H and O–H groups in total. The van der Waals surface area contributed by atoms with Crippen LogP contribution in [0.25, 0.3) is 33.4 Å². The number of anilines is 1. The summed E-state index contributed by atoms with van der Waals surface area (Å²) in [6.07, 6.45) is 6.41. The van der Waals surface area contributed by atoms with E-state index < -0.39 is 0 Å². The Bertz CT molecular complexity index is 1370. The van der Waals surface area contributed by atoms with Crippen LogP contribution in [0.1, 0.15) is 5.76 Å². The molecule has 0 aliphatic rings. The molecule has 3 aromatic heterocycles. The first-order valence-electron chi connectivity index (χ1n) is 9.88. The van der Waals surface area contributed by atoms with E-state index in [1.54, 1.807) is 31.8 Å². The van der Waals surface area contributed by atoms with Gasteiger partial charge in [-0.2, -0.15) is 0 Å². The van der Waals surface area contributed by atoms with Gasteiger partial charge in [-0.15, -0.1) is 0 Å². The van der Waals surface area contributed by atoms with E-state index in [-0.39, 0.29) is 5.82 Å².